The summed E-state index contributed by atoms with van der Waals surface area (Å²) in [5, 5.41) is 12.7. The van der Waals surface area contributed by atoms with Crippen molar-refractivity contribution in [1.29, 1.82) is 0 Å². The molecule has 0 bridgehead atoms. The molecule has 0 unspecified atom stereocenters. The van der Waals surface area contributed by atoms with Gasteiger partial charge in [-0.15, -0.1) is 11.3 Å². The molecule has 34 heavy (non-hydrogen) atoms. The summed E-state index contributed by atoms with van der Waals surface area (Å²) in [4.78, 5) is 23.5. The molecule has 3 N–H and O–H groups in total. The maximum Gasteiger partial charge on any atom is 0.341 e. The third-order valence-corrected chi connectivity index (χ3v) is 7.26. The topological polar surface area (TPSA) is 143 Å². The fourth-order valence-corrected chi connectivity index (χ4v) is 5.20. The van der Waals surface area contributed by atoms with Gasteiger partial charge >= 0.3 is 5.97 Å². The maximum atomic E-state index is 12.7. The average Bonchev–Trinajstić information content (AvgIpc) is 3.25. The number of ether oxygens (including phenoxy) is 2. The number of para-hydroxylation sites is 1. The highest BCUT2D eigenvalue weighted by Crippen LogP contribution is 2.28. The van der Waals surface area contributed by atoms with Gasteiger partial charge in [0.2, 0.25) is 0 Å². The number of carbonyl (C=O) groups excluding carboxylic acids is 1. The molecule has 10 nitrogen and oxygen atoms in total. The number of sulfonamides is 1. The van der Waals surface area contributed by atoms with Crippen molar-refractivity contribution >= 4 is 56.7 Å². The number of benzene rings is 2. The largest absolute Gasteiger partial charge is 0.497 e. The van der Waals surface area contributed by atoms with Gasteiger partial charge in [0, 0.05) is 11.6 Å². The summed E-state index contributed by atoms with van der Waals surface area (Å²) in [5.74, 6) is -1.22. The second-order valence-corrected chi connectivity index (χ2v) is 10.1. The second kappa shape index (κ2) is 11.0. The highest BCUT2D eigenvalue weighted by molar-refractivity contribution is 7.94. The molecular formula is C21H18ClN3O7S2. The molecule has 3 aromatic rings. The second-order valence-electron chi connectivity index (χ2n) is 6.49. The van der Waals surface area contributed by atoms with E-state index in [1.165, 1.54) is 43.7 Å². The number of methoxy groups -OCH3 is 1. The summed E-state index contributed by atoms with van der Waals surface area (Å²) < 4.78 is 38.2. The molecule has 0 aliphatic heterocycles. The summed E-state index contributed by atoms with van der Waals surface area (Å²) in [6.45, 7) is -0.580. The monoisotopic (exact) mass is 523 g/mol. The molecule has 1 amide bonds. The van der Waals surface area contributed by atoms with Gasteiger partial charge in [-0.05, 0) is 36.4 Å². The van der Waals surface area contributed by atoms with Gasteiger partial charge in [-0.2, -0.15) is 5.10 Å². The van der Waals surface area contributed by atoms with Crippen LogP contribution in [-0.4, -0.2) is 45.3 Å². The standard InChI is InChI=1S/C21H18ClN3O7S2/c1-31-14-7-6-13(17(10-14)32-12-19(26)27)11-23-24-21(28)15-4-2-3-5-16(15)25-34(29,30)20-9-8-18(22)33-20/h2-11,25H,12H2,1H3,(H,24,28)(H,26,27). The number of hydrazone groups is 1. The van der Waals surface area contributed by atoms with Crippen molar-refractivity contribution in [2.75, 3.05) is 18.4 Å². The number of anilines is 1. The van der Waals surface area contributed by atoms with Gasteiger partial charge in [0.25, 0.3) is 15.9 Å². The van der Waals surface area contributed by atoms with Crippen LogP contribution in [0.1, 0.15) is 15.9 Å². The summed E-state index contributed by atoms with van der Waals surface area (Å²) in [6.07, 6.45) is 1.26. The van der Waals surface area contributed by atoms with Crippen LogP contribution in [0.3, 0.4) is 0 Å². The lowest BCUT2D eigenvalue weighted by Crippen LogP contribution is -2.21. The summed E-state index contributed by atoms with van der Waals surface area (Å²) >= 11 is 6.71. The first kappa shape index (κ1) is 25.0. The van der Waals surface area contributed by atoms with Crippen LogP contribution in [0.5, 0.6) is 11.5 Å². The fourth-order valence-electron chi connectivity index (χ4n) is 2.64. The number of carboxylic acid groups (broad SMARTS) is 1. The van der Waals surface area contributed by atoms with Crippen LogP contribution in [-0.2, 0) is 14.8 Å². The van der Waals surface area contributed by atoms with E-state index in [1.807, 2.05) is 0 Å². The highest BCUT2D eigenvalue weighted by Gasteiger charge is 2.20. The normalized spacial score (nSPS) is 11.2. The Morgan fingerprint density at radius 2 is 1.94 bits per heavy atom. The van der Waals surface area contributed by atoms with Gasteiger partial charge in [-0.3, -0.25) is 9.52 Å². The van der Waals surface area contributed by atoms with E-state index < -0.39 is 28.5 Å². The lowest BCUT2D eigenvalue weighted by atomic mass is 10.2. The number of carbonyl (C=O) groups is 2. The number of rotatable bonds is 10. The van der Waals surface area contributed by atoms with Crippen LogP contribution in [0.2, 0.25) is 4.34 Å². The number of nitrogens with zero attached hydrogens (tertiary/aromatic N) is 1. The van der Waals surface area contributed by atoms with E-state index in [-0.39, 0.29) is 21.2 Å². The Balaban J connectivity index is 1.77. The van der Waals surface area contributed by atoms with Gasteiger partial charge in [-0.25, -0.2) is 18.6 Å². The Hall–Kier alpha value is -3.61. The quantitative estimate of drug-likeness (QED) is 0.273. The molecule has 0 saturated heterocycles. The Kier molecular flexibility index (Phi) is 8.10. The number of hydrogen-bond donors (Lipinski definition) is 3. The lowest BCUT2D eigenvalue weighted by molar-refractivity contribution is -0.139. The Morgan fingerprint density at radius 3 is 2.62 bits per heavy atom. The molecule has 0 saturated carbocycles. The van der Waals surface area contributed by atoms with Gasteiger partial charge in [-0.1, -0.05) is 23.7 Å². The van der Waals surface area contributed by atoms with Gasteiger partial charge in [0.1, 0.15) is 15.7 Å². The smallest absolute Gasteiger partial charge is 0.341 e. The SMILES string of the molecule is COc1ccc(C=NNC(=O)c2ccccc2NS(=O)(=O)c2ccc(Cl)s2)c(OCC(=O)O)c1. The number of aliphatic carboxylic acids is 1. The van der Waals surface area contributed by atoms with Crippen LogP contribution in [0, 0.1) is 0 Å². The molecule has 178 valence electrons. The van der Waals surface area contributed by atoms with Gasteiger partial charge < -0.3 is 14.6 Å². The minimum atomic E-state index is -3.95. The van der Waals surface area contributed by atoms with Crippen LogP contribution < -0.4 is 19.6 Å². The highest BCUT2D eigenvalue weighted by atomic mass is 35.5. The van der Waals surface area contributed by atoms with Crippen LogP contribution in [0.4, 0.5) is 5.69 Å². The average molecular weight is 524 g/mol. The van der Waals surface area contributed by atoms with E-state index in [2.05, 4.69) is 15.2 Å². The van der Waals surface area contributed by atoms with Crippen molar-refractivity contribution in [3.8, 4) is 11.5 Å². The van der Waals surface area contributed by atoms with Crippen LogP contribution in [0.15, 0.2) is 63.9 Å². The van der Waals surface area contributed by atoms with Crippen molar-refractivity contribution in [1.82, 2.24) is 5.43 Å². The van der Waals surface area contributed by atoms with E-state index in [9.17, 15) is 18.0 Å². The Morgan fingerprint density at radius 1 is 1.18 bits per heavy atom. The zero-order chi connectivity index (χ0) is 24.7. The number of nitrogens with one attached hydrogen (secondary N) is 2. The molecule has 0 aliphatic carbocycles. The molecular weight excluding hydrogens is 506 g/mol. The summed E-state index contributed by atoms with van der Waals surface area (Å²) in [5.41, 5.74) is 2.77. The van der Waals surface area contributed by atoms with Gasteiger partial charge in [0.05, 0.1) is 28.9 Å². The molecule has 1 aromatic heterocycles. The van der Waals surface area contributed by atoms with Crippen LogP contribution in [0.25, 0.3) is 0 Å². The maximum absolute atomic E-state index is 12.7. The van der Waals surface area contributed by atoms with Crippen molar-refractivity contribution in [2.45, 2.75) is 4.21 Å². The Bertz CT molecular complexity index is 1340. The number of halogens is 1. The molecule has 3 rings (SSSR count). The van der Waals surface area contributed by atoms with E-state index in [0.717, 1.165) is 11.3 Å². The minimum Gasteiger partial charge on any atom is -0.497 e. The number of hydrogen-bond acceptors (Lipinski definition) is 8. The third kappa shape index (κ3) is 6.47. The van der Waals surface area contributed by atoms with E-state index in [0.29, 0.717) is 15.6 Å². The number of thiophene rings is 1. The summed E-state index contributed by atoms with van der Waals surface area (Å²) in [7, 11) is -2.50. The van der Waals surface area contributed by atoms with Crippen molar-refractivity contribution in [3.63, 3.8) is 0 Å². The molecule has 0 fully saturated rings. The molecule has 0 atom stereocenters. The van der Waals surface area contributed by atoms with Crippen LogP contribution >= 0.6 is 22.9 Å². The van der Waals surface area contributed by atoms with E-state index in [4.69, 9.17) is 26.2 Å². The predicted molar refractivity (Wildman–Crippen MR) is 128 cm³/mol. The van der Waals surface area contributed by atoms with Crippen molar-refractivity contribution < 1.29 is 32.6 Å². The molecule has 0 spiro atoms. The lowest BCUT2D eigenvalue weighted by Gasteiger charge is -2.11. The number of amides is 1. The fraction of sp³-hybridized carbons (Fsp3) is 0.0952. The minimum absolute atomic E-state index is 0.000807. The van der Waals surface area contributed by atoms with Crippen molar-refractivity contribution in [2.24, 2.45) is 5.10 Å². The predicted octanol–water partition coefficient (Wildman–Crippen LogP) is 3.44. The molecule has 0 aliphatic rings. The Labute approximate surface area is 203 Å². The van der Waals surface area contributed by atoms with Gasteiger partial charge in [0.15, 0.2) is 6.61 Å². The first-order chi connectivity index (χ1) is 16.2. The molecule has 2 aromatic carbocycles. The summed E-state index contributed by atoms with van der Waals surface area (Å²) in [6, 6.07) is 13.5. The zero-order valence-electron chi connectivity index (χ0n) is 17.5. The van der Waals surface area contributed by atoms with E-state index >= 15 is 0 Å². The van der Waals surface area contributed by atoms with E-state index in [1.54, 1.807) is 24.3 Å². The molecule has 13 heteroatoms. The molecule has 1 heterocycles. The van der Waals surface area contributed by atoms with Crippen molar-refractivity contribution in [3.05, 3.63) is 70.1 Å². The first-order valence-electron chi connectivity index (χ1n) is 9.43. The third-order valence-electron chi connectivity index (χ3n) is 4.17. The first-order valence-corrected chi connectivity index (χ1v) is 12.1. The molecule has 0 radical (unpaired) electrons. The number of carboxylic acids is 1. The zero-order valence-corrected chi connectivity index (χ0v) is 19.9.